The van der Waals surface area contributed by atoms with Gasteiger partial charge >= 0.3 is 0 Å². The fourth-order valence-corrected chi connectivity index (χ4v) is 4.61. The molecule has 0 bridgehead atoms. The highest BCUT2D eigenvalue weighted by molar-refractivity contribution is 5.81. The number of carbonyl (C=O) groups is 1. The Morgan fingerprint density at radius 2 is 1.85 bits per heavy atom. The van der Waals surface area contributed by atoms with Gasteiger partial charge in [0.25, 0.3) is 6.47 Å². The van der Waals surface area contributed by atoms with Crippen molar-refractivity contribution >= 4 is 23.2 Å². The summed E-state index contributed by atoms with van der Waals surface area (Å²) in [5.41, 5.74) is 3.29. The van der Waals surface area contributed by atoms with Gasteiger partial charge in [-0.2, -0.15) is 0 Å². The monoisotopic (exact) mass is 450 g/mol. The molecule has 174 valence electrons. The Kier molecular flexibility index (Phi) is 7.83. The number of fused-ring (bicyclic) bond motifs is 1. The smallest absolute Gasteiger partial charge is 0.290 e. The van der Waals surface area contributed by atoms with E-state index in [4.69, 9.17) is 19.6 Å². The van der Waals surface area contributed by atoms with Crippen LogP contribution < -0.4 is 4.90 Å². The van der Waals surface area contributed by atoms with Crippen molar-refractivity contribution in [1.29, 1.82) is 0 Å². The van der Waals surface area contributed by atoms with Crippen LogP contribution in [-0.4, -0.2) is 77.0 Å². The first-order valence-electron chi connectivity index (χ1n) is 11.3. The van der Waals surface area contributed by atoms with Crippen molar-refractivity contribution in [1.82, 2.24) is 14.9 Å². The minimum atomic E-state index is -0.327. The molecular formula is C25H30N4O4. The van der Waals surface area contributed by atoms with Crippen LogP contribution in [0.25, 0.3) is 10.9 Å². The number of aromatic nitrogens is 2. The zero-order valence-corrected chi connectivity index (χ0v) is 18.6. The number of likely N-dealkylation sites (tertiary alicyclic amines) is 1. The summed E-state index contributed by atoms with van der Waals surface area (Å²) in [7, 11) is 0. The topological polar surface area (TPSA) is 99.0 Å². The number of hydrogen-bond acceptors (Lipinski definition) is 7. The molecule has 4 heterocycles. The first-order valence-corrected chi connectivity index (χ1v) is 11.3. The average molecular weight is 451 g/mol. The van der Waals surface area contributed by atoms with E-state index in [9.17, 15) is 5.11 Å². The van der Waals surface area contributed by atoms with Gasteiger partial charge in [-0.15, -0.1) is 0 Å². The Morgan fingerprint density at radius 1 is 1.09 bits per heavy atom. The van der Waals surface area contributed by atoms with E-state index in [0.717, 1.165) is 68.2 Å². The number of anilines is 1. The molecule has 0 unspecified atom stereocenters. The Balaban J connectivity index is 0.000000821. The lowest BCUT2D eigenvalue weighted by atomic mass is 10.00. The Bertz CT molecular complexity index is 1040. The quantitative estimate of drug-likeness (QED) is 0.571. The zero-order valence-electron chi connectivity index (χ0n) is 18.6. The number of ether oxygens (including phenoxy) is 1. The summed E-state index contributed by atoms with van der Waals surface area (Å²) in [4.78, 5) is 22.5. The van der Waals surface area contributed by atoms with Gasteiger partial charge in [-0.25, -0.2) is 4.98 Å². The van der Waals surface area contributed by atoms with Crippen LogP contribution in [-0.2, 0) is 22.5 Å². The van der Waals surface area contributed by atoms with Crippen LogP contribution in [0.3, 0.4) is 0 Å². The molecule has 2 aromatic heterocycles. The average Bonchev–Trinajstić information content (AvgIpc) is 3.18. The van der Waals surface area contributed by atoms with Gasteiger partial charge in [0, 0.05) is 61.5 Å². The van der Waals surface area contributed by atoms with E-state index in [1.807, 2.05) is 30.5 Å². The summed E-state index contributed by atoms with van der Waals surface area (Å²) in [5.74, 6) is 1.26. The van der Waals surface area contributed by atoms with Crippen LogP contribution in [0.4, 0.5) is 5.82 Å². The number of aliphatic hydroxyl groups excluding tert-OH is 1. The number of nitrogens with zero attached hydrogens (tertiary/aromatic N) is 4. The largest absolute Gasteiger partial charge is 0.483 e. The van der Waals surface area contributed by atoms with Crippen LogP contribution in [0, 0.1) is 5.92 Å². The fraction of sp³-hybridized carbons (Fsp3) is 0.400. The van der Waals surface area contributed by atoms with Gasteiger partial charge < -0.3 is 19.8 Å². The number of pyridine rings is 2. The number of carboxylic acid groups (broad SMARTS) is 1. The van der Waals surface area contributed by atoms with E-state index < -0.39 is 0 Å². The Hall–Kier alpha value is -3.07. The SMILES string of the molecule is O=CO.O[C@@H]1CN(Cc2cc3ccccc3nc2N2CCOCC2)C[C@H]1Cc1ccccn1. The van der Waals surface area contributed by atoms with Crippen LogP contribution >= 0.6 is 0 Å². The molecule has 0 aliphatic carbocycles. The van der Waals surface area contributed by atoms with Gasteiger partial charge in [0.15, 0.2) is 0 Å². The van der Waals surface area contributed by atoms with E-state index >= 15 is 0 Å². The molecular weight excluding hydrogens is 420 g/mol. The first-order chi connectivity index (χ1) is 16.2. The summed E-state index contributed by atoms with van der Waals surface area (Å²) in [6, 6.07) is 16.5. The van der Waals surface area contributed by atoms with E-state index in [1.54, 1.807) is 0 Å². The second-order valence-corrected chi connectivity index (χ2v) is 8.42. The Morgan fingerprint density at radius 3 is 2.61 bits per heavy atom. The lowest BCUT2D eigenvalue weighted by Crippen LogP contribution is -2.38. The number of β-amino-alcohol motifs (C(OH)–C–C–N with tert-alkyl or cyclic N) is 1. The molecule has 0 amide bonds. The van der Waals surface area contributed by atoms with Gasteiger partial charge in [-0.3, -0.25) is 14.7 Å². The van der Waals surface area contributed by atoms with Crippen LogP contribution in [0.15, 0.2) is 54.7 Å². The molecule has 3 aromatic rings. The highest BCUT2D eigenvalue weighted by atomic mass is 16.5. The summed E-state index contributed by atoms with van der Waals surface area (Å²) in [5, 5.41) is 18.7. The first kappa shape index (κ1) is 23.1. The van der Waals surface area contributed by atoms with Crippen molar-refractivity contribution < 1.29 is 19.7 Å². The van der Waals surface area contributed by atoms with Gasteiger partial charge in [-0.1, -0.05) is 24.3 Å². The third kappa shape index (κ3) is 5.84. The van der Waals surface area contributed by atoms with Crippen molar-refractivity contribution in [2.45, 2.75) is 19.1 Å². The summed E-state index contributed by atoms with van der Waals surface area (Å²) >= 11 is 0. The molecule has 2 saturated heterocycles. The molecule has 2 atom stereocenters. The number of para-hydroxylation sites is 1. The summed E-state index contributed by atoms with van der Waals surface area (Å²) < 4.78 is 5.55. The molecule has 0 saturated carbocycles. The van der Waals surface area contributed by atoms with Gasteiger partial charge in [0.2, 0.25) is 0 Å². The van der Waals surface area contributed by atoms with E-state index in [1.165, 1.54) is 5.56 Å². The maximum absolute atomic E-state index is 10.7. The Labute approximate surface area is 193 Å². The normalized spacial score (nSPS) is 20.9. The molecule has 1 aromatic carbocycles. The second kappa shape index (κ2) is 11.2. The third-order valence-electron chi connectivity index (χ3n) is 6.16. The summed E-state index contributed by atoms with van der Waals surface area (Å²) in [6.45, 7) is 5.30. The van der Waals surface area contributed by atoms with Crippen molar-refractivity contribution in [3.8, 4) is 0 Å². The highest BCUT2D eigenvalue weighted by Crippen LogP contribution is 2.28. The highest BCUT2D eigenvalue weighted by Gasteiger charge is 2.32. The minimum absolute atomic E-state index is 0.208. The maximum atomic E-state index is 10.7. The van der Waals surface area contributed by atoms with Crippen molar-refractivity contribution in [2.24, 2.45) is 5.92 Å². The van der Waals surface area contributed by atoms with Crippen molar-refractivity contribution in [2.75, 3.05) is 44.3 Å². The molecule has 2 aliphatic heterocycles. The van der Waals surface area contributed by atoms with Crippen molar-refractivity contribution in [3.63, 3.8) is 0 Å². The van der Waals surface area contributed by atoms with E-state index in [0.29, 0.717) is 6.54 Å². The number of aliphatic hydroxyl groups is 1. The van der Waals surface area contributed by atoms with E-state index in [-0.39, 0.29) is 18.5 Å². The summed E-state index contributed by atoms with van der Waals surface area (Å²) in [6.07, 6.45) is 2.31. The van der Waals surface area contributed by atoms with Gasteiger partial charge in [0.1, 0.15) is 5.82 Å². The number of benzene rings is 1. The molecule has 2 N–H and O–H groups in total. The van der Waals surface area contributed by atoms with Gasteiger partial charge in [0.05, 0.1) is 24.8 Å². The van der Waals surface area contributed by atoms with Crippen LogP contribution in [0.2, 0.25) is 0 Å². The lowest BCUT2D eigenvalue weighted by Gasteiger charge is -2.30. The maximum Gasteiger partial charge on any atom is 0.290 e. The molecule has 0 spiro atoms. The van der Waals surface area contributed by atoms with E-state index in [2.05, 4.69) is 39.0 Å². The molecule has 2 aliphatic rings. The van der Waals surface area contributed by atoms with Crippen LogP contribution in [0.5, 0.6) is 0 Å². The van der Waals surface area contributed by atoms with Gasteiger partial charge in [-0.05, 0) is 30.7 Å². The molecule has 5 rings (SSSR count). The third-order valence-corrected chi connectivity index (χ3v) is 6.16. The fourth-order valence-electron chi connectivity index (χ4n) is 4.61. The number of hydrogen-bond donors (Lipinski definition) is 2. The predicted molar refractivity (Wildman–Crippen MR) is 126 cm³/mol. The molecule has 0 radical (unpaired) electrons. The second-order valence-electron chi connectivity index (χ2n) is 8.42. The molecule has 2 fully saturated rings. The minimum Gasteiger partial charge on any atom is -0.483 e. The van der Waals surface area contributed by atoms with Crippen LogP contribution in [0.1, 0.15) is 11.3 Å². The molecule has 8 nitrogen and oxygen atoms in total. The van der Waals surface area contributed by atoms with Crippen molar-refractivity contribution in [3.05, 3.63) is 66.0 Å². The standard InChI is InChI=1S/C24H28N4O2.CH2O2/c29-23-17-27(15-19(23)14-21-6-3-4-8-25-21)16-20-13-18-5-1-2-7-22(18)26-24(20)28-9-11-30-12-10-28;2-1-3/h1-8,13,19,23,29H,9-12,14-17H2;1H,(H,2,3)/t19-,23-;/m1./s1. The number of rotatable bonds is 5. The number of morpholine rings is 1. The zero-order chi connectivity index (χ0) is 23.0. The molecule has 33 heavy (non-hydrogen) atoms. The lowest BCUT2D eigenvalue weighted by molar-refractivity contribution is -0.122. The predicted octanol–water partition coefficient (Wildman–Crippen LogP) is 2.20. The molecule has 8 heteroatoms.